The van der Waals surface area contributed by atoms with Crippen LogP contribution >= 0.6 is 0 Å². The largest absolute Gasteiger partial charge is 0.495 e. The second kappa shape index (κ2) is 5.98. The highest BCUT2D eigenvalue weighted by Gasteiger charge is 2.51. The maximum Gasteiger partial charge on any atom is 0.244 e. The third kappa shape index (κ3) is 3.10. The molecule has 0 radical (unpaired) electrons. The van der Waals surface area contributed by atoms with Crippen LogP contribution < -0.4 is 9.46 Å². The van der Waals surface area contributed by atoms with Crippen LogP contribution in [0.1, 0.15) is 49.7 Å². The van der Waals surface area contributed by atoms with Crippen LogP contribution in [0.3, 0.4) is 0 Å². The molecule has 0 aliphatic heterocycles. The highest BCUT2D eigenvalue weighted by atomic mass is 32.2. The van der Waals surface area contributed by atoms with E-state index in [0.29, 0.717) is 12.3 Å². The van der Waals surface area contributed by atoms with E-state index in [1.54, 1.807) is 6.07 Å². The van der Waals surface area contributed by atoms with Crippen LogP contribution in [0.5, 0.6) is 5.75 Å². The van der Waals surface area contributed by atoms with E-state index in [4.69, 9.17) is 4.74 Å². The molecular formula is C20H29NO3S. The van der Waals surface area contributed by atoms with Crippen molar-refractivity contribution in [3.63, 3.8) is 0 Å². The van der Waals surface area contributed by atoms with E-state index in [1.165, 1.54) is 45.6 Å². The maximum absolute atomic E-state index is 13.0. The van der Waals surface area contributed by atoms with Gasteiger partial charge in [0, 0.05) is 6.54 Å². The molecule has 5 heteroatoms. The van der Waals surface area contributed by atoms with Crippen LogP contribution in [0.25, 0.3) is 0 Å². The average molecular weight is 364 g/mol. The first-order valence-corrected chi connectivity index (χ1v) is 10.9. The summed E-state index contributed by atoms with van der Waals surface area (Å²) in [4.78, 5) is 0.267. The molecule has 138 valence electrons. The smallest absolute Gasteiger partial charge is 0.244 e. The molecule has 0 heterocycles. The summed E-state index contributed by atoms with van der Waals surface area (Å²) in [6, 6.07) is 3.55. The molecule has 0 unspecified atom stereocenters. The number of rotatable bonds is 5. The lowest BCUT2D eigenvalue weighted by Crippen LogP contribution is -2.51. The Kier molecular flexibility index (Phi) is 4.15. The molecule has 4 bridgehead atoms. The third-order valence-corrected chi connectivity index (χ3v) is 8.29. The molecule has 4 aliphatic rings. The number of methoxy groups -OCH3 is 1. The SMILES string of the molecule is COc1cc(C)c(C)cc1S(=O)(=O)NCC12CC3CC(CC(C3)C1)C2. The Balaban J connectivity index is 1.56. The highest BCUT2D eigenvalue weighted by molar-refractivity contribution is 7.89. The molecule has 1 aromatic rings. The summed E-state index contributed by atoms with van der Waals surface area (Å²) in [7, 11) is -2.03. The maximum atomic E-state index is 13.0. The van der Waals surface area contributed by atoms with Crippen molar-refractivity contribution in [1.82, 2.24) is 4.72 Å². The van der Waals surface area contributed by atoms with Crippen molar-refractivity contribution in [2.24, 2.45) is 23.2 Å². The fraction of sp³-hybridized carbons (Fsp3) is 0.700. The zero-order chi connectivity index (χ0) is 17.8. The summed E-state index contributed by atoms with van der Waals surface area (Å²) in [6.45, 7) is 4.49. The van der Waals surface area contributed by atoms with Crippen molar-refractivity contribution in [3.8, 4) is 5.75 Å². The van der Waals surface area contributed by atoms with E-state index in [2.05, 4.69) is 4.72 Å². The number of hydrogen-bond acceptors (Lipinski definition) is 3. The molecule has 0 saturated heterocycles. The summed E-state index contributed by atoms with van der Waals surface area (Å²) in [6.07, 6.45) is 7.72. The first-order valence-electron chi connectivity index (χ1n) is 9.45. The van der Waals surface area contributed by atoms with E-state index in [1.807, 2.05) is 19.9 Å². The van der Waals surface area contributed by atoms with Crippen molar-refractivity contribution in [2.45, 2.75) is 57.3 Å². The molecule has 4 nitrogen and oxygen atoms in total. The first-order chi connectivity index (χ1) is 11.8. The van der Waals surface area contributed by atoms with Crippen molar-refractivity contribution < 1.29 is 13.2 Å². The molecule has 1 N–H and O–H groups in total. The molecule has 4 aliphatic carbocycles. The van der Waals surface area contributed by atoms with Gasteiger partial charge in [0.2, 0.25) is 10.0 Å². The van der Waals surface area contributed by atoms with Crippen LogP contribution in [-0.2, 0) is 10.0 Å². The Labute approximate surface area is 151 Å². The number of aryl methyl sites for hydroxylation is 2. The van der Waals surface area contributed by atoms with Gasteiger partial charge in [-0.1, -0.05) is 0 Å². The van der Waals surface area contributed by atoms with Crippen molar-refractivity contribution >= 4 is 10.0 Å². The summed E-state index contributed by atoms with van der Waals surface area (Å²) in [5.74, 6) is 2.91. The van der Waals surface area contributed by atoms with E-state index < -0.39 is 10.0 Å². The average Bonchev–Trinajstić information content (AvgIpc) is 2.54. The van der Waals surface area contributed by atoms with E-state index in [0.717, 1.165) is 28.9 Å². The topological polar surface area (TPSA) is 55.4 Å². The quantitative estimate of drug-likeness (QED) is 0.865. The summed E-state index contributed by atoms with van der Waals surface area (Å²) in [5.41, 5.74) is 2.20. The number of benzene rings is 1. The Bertz CT molecular complexity index is 749. The Hall–Kier alpha value is -1.07. The standard InChI is InChI=1S/C20H29NO3S/c1-13-4-18(24-3)19(5-14(13)2)25(22,23)21-12-20-9-15-6-16(10-20)8-17(7-15)11-20/h4-5,15-17,21H,6-12H2,1-3H3. The predicted octanol–water partition coefficient (Wildman–Crippen LogP) is 3.81. The van der Waals surface area contributed by atoms with Crippen LogP contribution in [-0.4, -0.2) is 22.1 Å². The second-order valence-electron chi connectivity index (χ2n) is 8.83. The lowest BCUT2D eigenvalue weighted by Gasteiger charge is -2.56. The van der Waals surface area contributed by atoms with Crippen LogP contribution in [0.2, 0.25) is 0 Å². The lowest BCUT2D eigenvalue weighted by atomic mass is 9.50. The summed E-state index contributed by atoms with van der Waals surface area (Å²) in [5, 5.41) is 0. The van der Waals surface area contributed by atoms with Crippen molar-refractivity contribution in [2.75, 3.05) is 13.7 Å². The van der Waals surface area contributed by atoms with Crippen molar-refractivity contribution in [3.05, 3.63) is 23.3 Å². The first kappa shape index (κ1) is 17.3. The minimum absolute atomic E-state index is 0.189. The van der Waals surface area contributed by atoms with Gasteiger partial charge in [0.05, 0.1) is 7.11 Å². The zero-order valence-electron chi connectivity index (χ0n) is 15.5. The molecular weight excluding hydrogens is 334 g/mol. The minimum Gasteiger partial charge on any atom is -0.495 e. The molecule has 0 atom stereocenters. The summed E-state index contributed by atoms with van der Waals surface area (Å²) < 4.78 is 34.2. The fourth-order valence-corrected chi connectivity index (χ4v) is 7.36. The van der Waals surface area contributed by atoms with Gasteiger partial charge in [-0.25, -0.2) is 13.1 Å². The minimum atomic E-state index is -3.56. The molecule has 1 aromatic carbocycles. The van der Waals surface area contributed by atoms with Gasteiger partial charge in [-0.2, -0.15) is 0 Å². The lowest BCUT2D eigenvalue weighted by molar-refractivity contribution is -0.0487. The molecule has 25 heavy (non-hydrogen) atoms. The van der Waals surface area contributed by atoms with E-state index >= 15 is 0 Å². The predicted molar refractivity (Wildman–Crippen MR) is 98.3 cm³/mol. The van der Waals surface area contributed by atoms with Gasteiger partial charge >= 0.3 is 0 Å². The molecule has 4 fully saturated rings. The Morgan fingerprint density at radius 3 is 2.08 bits per heavy atom. The number of hydrogen-bond donors (Lipinski definition) is 1. The summed E-state index contributed by atoms with van der Waals surface area (Å²) >= 11 is 0. The van der Waals surface area contributed by atoms with Crippen LogP contribution in [0, 0.1) is 37.0 Å². The van der Waals surface area contributed by atoms with Gasteiger partial charge in [0.1, 0.15) is 10.6 Å². The Morgan fingerprint density at radius 2 is 1.56 bits per heavy atom. The number of sulfonamides is 1. The second-order valence-corrected chi connectivity index (χ2v) is 10.6. The van der Waals surface area contributed by atoms with Gasteiger partial charge in [-0.15, -0.1) is 0 Å². The van der Waals surface area contributed by atoms with Gasteiger partial charge in [0.15, 0.2) is 0 Å². The van der Waals surface area contributed by atoms with Gasteiger partial charge in [-0.3, -0.25) is 0 Å². The fourth-order valence-electron chi connectivity index (χ4n) is 5.97. The zero-order valence-corrected chi connectivity index (χ0v) is 16.3. The molecule has 0 spiro atoms. The van der Waals surface area contributed by atoms with Crippen molar-refractivity contribution in [1.29, 1.82) is 0 Å². The van der Waals surface area contributed by atoms with Crippen LogP contribution in [0.4, 0.5) is 0 Å². The van der Waals surface area contributed by atoms with Gasteiger partial charge < -0.3 is 4.74 Å². The molecule has 0 amide bonds. The monoisotopic (exact) mass is 363 g/mol. The normalized spacial score (nSPS) is 33.6. The third-order valence-electron chi connectivity index (χ3n) is 6.87. The molecule has 4 saturated carbocycles. The molecule has 0 aromatic heterocycles. The molecule has 5 rings (SSSR count). The number of ether oxygens (including phenoxy) is 1. The number of nitrogens with one attached hydrogen (secondary N) is 1. The Morgan fingerprint density at radius 1 is 1.04 bits per heavy atom. The van der Waals surface area contributed by atoms with E-state index in [9.17, 15) is 8.42 Å². The van der Waals surface area contributed by atoms with Gasteiger partial charge in [0.25, 0.3) is 0 Å². The van der Waals surface area contributed by atoms with Crippen LogP contribution in [0.15, 0.2) is 17.0 Å². The van der Waals surface area contributed by atoms with E-state index in [-0.39, 0.29) is 10.3 Å². The highest BCUT2D eigenvalue weighted by Crippen LogP contribution is 2.59. The van der Waals surface area contributed by atoms with Gasteiger partial charge in [-0.05, 0) is 98.8 Å².